The number of ether oxygens (including phenoxy) is 2. The Hall–Kier alpha value is -2.20. The summed E-state index contributed by atoms with van der Waals surface area (Å²) in [6.07, 6.45) is 0. The largest absolute Gasteiger partial charge is 0.493 e. The summed E-state index contributed by atoms with van der Waals surface area (Å²) < 4.78 is 11.4. The molecule has 1 N–H and O–H groups in total. The Labute approximate surface area is 169 Å². The molecule has 0 aliphatic heterocycles. The molecule has 3 rings (SSSR count). The maximum absolute atomic E-state index is 6.45. The third-order valence-corrected chi connectivity index (χ3v) is 4.58. The lowest BCUT2D eigenvalue weighted by atomic mass is 10.1. The highest BCUT2D eigenvalue weighted by atomic mass is 35.5. The van der Waals surface area contributed by atoms with Crippen molar-refractivity contribution in [2.45, 2.75) is 19.7 Å². The van der Waals surface area contributed by atoms with Gasteiger partial charge in [0.25, 0.3) is 0 Å². The lowest BCUT2D eigenvalue weighted by Crippen LogP contribution is -2.12. The zero-order valence-corrected chi connectivity index (χ0v) is 16.6. The highest BCUT2D eigenvalue weighted by Crippen LogP contribution is 2.37. The van der Waals surface area contributed by atoms with Crippen molar-refractivity contribution in [3.8, 4) is 11.5 Å². The third kappa shape index (κ3) is 5.64. The van der Waals surface area contributed by atoms with Gasteiger partial charge >= 0.3 is 0 Å². The minimum absolute atomic E-state index is 0.363. The summed E-state index contributed by atoms with van der Waals surface area (Å²) in [5.74, 6) is 1.15. The van der Waals surface area contributed by atoms with Gasteiger partial charge in [-0.1, -0.05) is 65.7 Å². The third-order valence-electron chi connectivity index (χ3n) is 4.06. The Morgan fingerprint density at radius 3 is 2.30 bits per heavy atom. The lowest BCUT2D eigenvalue weighted by Gasteiger charge is -2.15. The fraction of sp³-hybridized carbons (Fsp3) is 0.182. The van der Waals surface area contributed by atoms with Crippen molar-refractivity contribution in [1.29, 1.82) is 0 Å². The molecule has 140 valence electrons. The van der Waals surface area contributed by atoms with Crippen LogP contribution in [0.3, 0.4) is 0 Å². The molecule has 0 fully saturated rings. The first-order chi connectivity index (χ1) is 13.2. The maximum Gasteiger partial charge on any atom is 0.180 e. The molecule has 0 radical (unpaired) electrons. The standard InChI is InChI=1S/C22H21Cl2NO2/c1-26-21-12-18(14-25-13-16-6-3-2-4-7-16)11-20(24)22(21)27-15-17-8-5-9-19(23)10-17/h2-12,25H,13-15H2,1H3. The van der Waals surface area contributed by atoms with Crippen LogP contribution in [0.5, 0.6) is 11.5 Å². The molecule has 0 heterocycles. The van der Waals surface area contributed by atoms with Crippen LogP contribution in [0.25, 0.3) is 0 Å². The molecule has 0 amide bonds. The first kappa shape index (κ1) is 19.6. The van der Waals surface area contributed by atoms with E-state index < -0.39 is 0 Å². The van der Waals surface area contributed by atoms with Crippen LogP contribution in [-0.4, -0.2) is 7.11 Å². The van der Waals surface area contributed by atoms with Crippen LogP contribution in [0.4, 0.5) is 0 Å². The van der Waals surface area contributed by atoms with Gasteiger partial charge in [0.2, 0.25) is 0 Å². The van der Waals surface area contributed by atoms with E-state index in [9.17, 15) is 0 Å². The molecule has 5 heteroatoms. The molecule has 0 saturated heterocycles. The van der Waals surface area contributed by atoms with Crippen LogP contribution in [0.2, 0.25) is 10.0 Å². The first-order valence-corrected chi connectivity index (χ1v) is 9.39. The van der Waals surface area contributed by atoms with Crippen molar-refractivity contribution in [1.82, 2.24) is 5.32 Å². The number of rotatable bonds is 8. The Morgan fingerprint density at radius 1 is 0.815 bits per heavy atom. The average Bonchev–Trinajstić information content (AvgIpc) is 2.67. The van der Waals surface area contributed by atoms with Gasteiger partial charge in [0.15, 0.2) is 11.5 Å². The summed E-state index contributed by atoms with van der Waals surface area (Å²) in [5.41, 5.74) is 3.23. The van der Waals surface area contributed by atoms with Crippen molar-refractivity contribution in [3.63, 3.8) is 0 Å². The summed E-state index contributed by atoms with van der Waals surface area (Å²) in [5, 5.41) is 4.61. The quantitative estimate of drug-likeness (QED) is 0.511. The smallest absolute Gasteiger partial charge is 0.180 e. The van der Waals surface area contributed by atoms with E-state index >= 15 is 0 Å². The van der Waals surface area contributed by atoms with E-state index in [2.05, 4.69) is 17.4 Å². The monoisotopic (exact) mass is 401 g/mol. The number of hydrogen-bond donors (Lipinski definition) is 1. The minimum atomic E-state index is 0.363. The topological polar surface area (TPSA) is 30.5 Å². The molecule has 0 bridgehead atoms. The zero-order valence-electron chi connectivity index (χ0n) is 15.0. The van der Waals surface area contributed by atoms with Gasteiger partial charge in [0, 0.05) is 18.1 Å². The molecule has 3 aromatic rings. The fourth-order valence-electron chi connectivity index (χ4n) is 2.74. The van der Waals surface area contributed by atoms with Crippen LogP contribution < -0.4 is 14.8 Å². The van der Waals surface area contributed by atoms with E-state index in [1.165, 1.54) is 5.56 Å². The van der Waals surface area contributed by atoms with E-state index in [-0.39, 0.29) is 0 Å². The SMILES string of the molecule is COc1cc(CNCc2ccccc2)cc(Cl)c1OCc1cccc(Cl)c1. The molecule has 3 nitrogen and oxygen atoms in total. The zero-order chi connectivity index (χ0) is 19.1. The van der Waals surface area contributed by atoms with Crippen molar-refractivity contribution in [3.05, 3.63) is 93.5 Å². The second kappa shape index (κ2) is 9.65. The predicted molar refractivity (Wildman–Crippen MR) is 111 cm³/mol. The summed E-state index contributed by atoms with van der Waals surface area (Å²) in [6.45, 7) is 1.83. The molecular formula is C22H21Cl2NO2. The van der Waals surface area contributed by atoms with Crippen molar-refractivity contribution < 1.29 is 9.47 Å². The Morgan fingerprint density at radius 2 is 1.56 bits per heavy atom. The number of methoxy groups -OCH3 is 1. The summed E-state index contributed by atoms with van der Waals surface area (Å²) >= 11 is 12.5. The average molecular weight is 402 g/mol. The van der Waals surface area contributed by atoms with Crippen molar-refractivity contribution in [2.75, 3.05) is 7.11 Å². The second-order valence-corrected chi connectivity index (χ2v) is 6.96. The van der Waals surface area contributed by atoms with Gasteiger partial charge < -0.3 is 14.8 Å². The van der Waals surface area contributed by atoms with Gasteiger partial charge in [0.1, 0.15) is 6.61 Å². The van der Waals surface area contributed by atoms with Crippen LogP contribution in [0.15, 0.2) is 66.7 Å². The van der Waals surface area contributed by atoms with Gasteiger partial charge in [-0.15, -0.1) is 0 Å². The highest BCUT2D eigenvalue weighted by molar-refractivity contribution is 6.32. The molecular weight excluding hydrogens is 381 g/mol. The molecule has 0 atom stereocenters. The van der Waals surface area contributed by atoms with E-state index in [0.717, 1.165) is 17.7 Å². The molecule has 3 aromatic carbocycles. The minimum Gasteiger partial charge on any atom is -0.493 e. The number of nitrogens with one attached hydrogen (secondary N) is 1. The Kier molecular flexibility index (Phi) is 6.99. The molecule has 0 aliphatic rings. The van der Waals surface area contributed by atoms with Crippen LogP contribution >= 0.6 is 23.2 Å². The van der Waals surface area contributed by atoms with Crippen molar-refractivity contribution in [2.24, 2.45) is 0 Å². The number of benzene rings is 3. The molecule has 27 heavy (non-hydrogen) atoms. The molecule has 0 unspecified atom stereocenters. The highest BCUT2D eigenvalue weighted by Gasteiger charge is 2.12. The van der Waals surface area contributed by atoms with E-state index in [1.54, 1.807) is 7.11 Å². The normalized spacial score (nSPS) is 10.6. The van der Waals surface area contributed by atoms with Gasteiger partial charge in [-0.25, -0.2) is 0 Å². The second-order valence-electron chi connectivity index (χ2n) is 6.12. The first-order valence-electron chi connectivity index (χ1n) is 8.64. The van der Waals surface area contributed by atoms with E-state index in [1.807, 2.05) is 54.6 Å². The summed E-state index contributed by atoms with van der Waals surface area (Å²) in [7, 11) is 1.61. The number of halogens is 2. The van der Waals surface area contributed by atoms with Gasteiger partial charge in [-0.2, -0.15) is 0 Å². The lowest BCUT2D eigenvalue weighted by molar-refractivity contribution is 0.284. The molecule has 0 aromatic heterocycles. The van der Waals surface area contributed by atoms with Gasteiger partial charge in [-0.3, -0.25) is 0 Å². The summed E-state index contributed by atoms with van der Waals surface area (Å²) in [6, 6.07) is 21.6. The predicted octanol–water partition coefficient (Wildman–Crippen LogP) is 5.87. The molecule has 0 saturated carbocycles. The van der Waals surface area contributed by atoms with Crippen LogP contribution in [0.1, 0.15) is 16.7 Å². The van der Waals surface area contributed by atoms with Gasteiger partial charge in [-0.05, 0) is 41.0 Å². The summed E-state index contributed by atoms with van der Waals surface area (Å²) in [4.78, 5) is 0. The van der Waals surface area contributed by atoms with E-state index in [4.69, 9.17) is 32.7 Å². The van der Waals surface area contributed by atoms with Crippen LogP contribution in [-0.2, 0) is 19.7 Å². The fourth-order valence-corrected chi connectivity index (χ4v) is 3.25. The van der Waals surface area contributed by atoms with Gasteiger partial charge in [0.05, 0.1) is 12.1 Å². The number of hydrogen-bond acceptors (Lipinski definition) is 3. The molecule has 0 aliphatic carbocycles. The van der Waals surface area contributed by atoms with Crippen LogP contribution in [0, 0.1) is 0 Å². The van der Waals surface area contributed by atoms with E-state index in [0.29, 0.717) is 34.7 Å². The maximum atomic E-state index is 6.45. The van der Waals surface area contributed by atoms with Crippen molar-refractivity contribution >= 4 is 23.2 Å². The Balaban J connectivity index is 1.65. The molecule has 0 spiro atoms. The Bertz CT molecular complexity index is 885.